The van der Waals surface area contributed by atoms with Crippen LogP contribution in [0.2, 0.25) is 0 Å². The van der Waals surface area contributed by atoms with Gasteiger partial charge >= 0.3 is 0 Å². The van der Waals surface area contributed by atoms with Crippen molar-refractivity contribution in [3.05, 3.63) is 0 Å². The van der Waals surface area contributed by atoms with Crippen molar-refractivity contribution >= 4 is 48.7 Å². The first kappa shape index (κ1) is 105. The van der Waals surface area contributed by atoms with Crippen LogP contribution >= 0.6 is 24.8 Å². The molecule has 0 atom stereocenters. The van der Waals surface area contributed by atoms with E-state index in [1.165, 1.54) is 0 Å². The Hall–Kier alpha value is 1.30. The monoisotopic (exact) mass is 228 g/mol. The van der Waals surface area contributed by atoms with Crippen LogP contribution in [0.5, 0.6) is 0 Å². The molecule has 4 N–H and O–H groups in total. The summed E-state index contributed by atoms with van der Waals surface area (Å²) >= 11 is 0. The van der Waals surface area contributed by atoms with Gasteiger partial charge in [0.05, 0.1) is 0 Å². The zero-order chi connectivity index (χ0) is 0. The Labute approximate surface area is 59.7 Å². The van der Waals surface area contributed by atoms with Crippen molar-refractivity contribution in [2.45, 2.75) is 0 Å². The molecule has 5 heavy (non-hydrogen) atoms. The average molecular weight is 228 g/mol. The third kappa shape index (κ3) is 34.2. The molecular formula is H6Cl2O2Sn. The SMILES string of the molecule is Cl.Cl.O.O.[Sn]. The van der Waals surface area contributed by atoms with E-state index in [2.05, 4.69) is 0 Å². The Morgan fingerprint density at radius 2 is 0.600 bits per heavy atom. The van der Waals surface area contributed by atoms with Crippen molar-refractivity contribution in [3.8, 4) is 0 Å². The first-order valence-electron chi connectivity index (χ1n) is 0. The second-order valence-corrected chi connectivity index (χ2v) is 0. The molecule has 0 aromatic rings. The van der Waals surface area contributed by atoms with E-state index in [9.17, 15) is 0 Å². The van der Waals surface area contributed by atoms with Gasteiger partial charge in [-0.15, -0.1) is 24.8 Å². The molecule has 0 aliphatic carbocycles. The third-order valence-electron chi connectivity index (χ3n) is 0. The van der Waals surface area contributed by atoms with E-state index >= 15 is 0 Å². The molecule has 5 heteroatoms. The molecule has 0 spiro atoms. The third-order valence-corrected chi connectivity index (χ3v) is 0. The molecule has 0 aromatic heterocycles. The maximum atomic E-state index is 0. The fraction of sp³-hybridized carbons (Fsp3) is 0. The maximum absolute atomic E-state index is 0. The van der Waals surface area contributed by atoms with Gasteiger partial charge in [0.25, 0.3) is 0 Å². The van der Waals surface area contributed by atoms with E-state index < -0.39 is 0 Å². The summed E-state index contributed by atoms with van der Waals surface area (Å²) in [7, 11) is 0. The summed E-state index contributed by atoms with van der Waals surface area (Å²) in [4.78, 5) is 0. The van der Waals surface area contributed by atoms with Crippen LogP contribution in [-0.4, -0.2) is 34.9 Å². The van der Waals surface area contributed by atoms with Gasteiger partial charge < -0.3 is 11.0 Å². The molecule has 0 aliphatic rings. The van der Waals surface area contributed by atoms with E-state index in [-0.39, 0.29) is 59.7 Å². The van der Waals surface area contributed by atoms with E-state index in [0.717, 1.165) is 0 Å². The van der Waals surface area contributed by atoms with Crippen LogP contribution < -0.4 is 0 Å². The van der Waals surface area contributed by atoms with Crippen molar-refractivity contribution in [1.82, 2.24) is 0 Å². The van der Waals surface area contributed by atoms with Gasteiger partial charge in [-0.05, 0) is 0 Å². The van der Waals surface area contributed by atoms with Gasteiger partial charge in [-0.1, -0.05) is 0 Å². The van der Waals surface area contributed by atoms with Crippen molar-refractivity contribution in [3.63, 3.8) is 0 Å². The van der Waals surface area contributed by atoms with Crippen LogP contribution in [-0.2, 0) is 0 Å². The van der Waals surface area contributed by atoms with Crippen LogP contribution in [0, 0.1) is 0 Å². The second-order valence-electron chi connectivity index (χ2n) is 0. The van der Waals surface area contributed by atoms with Crippen LogP contribution in [0.15, 0.2) is 0 Å². The molecule has 0 saturated carbocycles. The molecule has 0 aliphatic heterocycles. The molecule has 4 radical (unpaired) electrons. The summed E-state index contributed by atoms with van der Waals surface area (Å²) in [5.74, 6) is 0. The molecule has 0 fully saturated rings. The van der Waals surface area contributed by atoms with Crippen LogP contribution in [0.4, 0.5) is 0 Å². The van der Waals surface area contributed by atoms with Gasteiger partial charge in [0.1, 0.15) is 0 Å². The summed E-state index contributed by atoms with van der Waals surface area (Å²) in [5.41, 5.74) is 0. The van der Waals surface area contributed by atoms with E-state index in [4.69, 9.17) is 0 Å². The minimum atomic E-state index is 0. The largest absolute Gasteiger partial charge is 0.412 e. The second kappa shape index (κ2) is 58.1. The van der Waals surface area contributed by atoms with Gasteiger partial charge in [0.2, 0.25) is 0 Å². The standard InChI is InChI=1S/2ClH.2H2O.Sn/h2*1H;2*1H2;. The Kier molecular flexibility index (Phi) is 1220. The molecule has 36 valence electrons. The number of halogens is 2. The zero-order valence-corrected chi connectivity index (χ0v) is 6.80. The van der Waals surface area contributed by atoms with Gasteiger partial charge in [0, 0.05) is 23.9 Å². The Morgan fingerprint density at radius 1 is 0.600 bits per heavy atom. The van der Waals surface area contributed by atoms with Crippen molar-refractivity contribution < 1.29 is 11.0 Å². The van der Waals surface area contributed by atoms with Crippen LogP contribution in [0.1, 0.15) is 0 Å². The quantitative estimate of drug-likeness (QED) is 0.468. The molecule has 0 bridgehead atoms. The first-order chi connectivity index (χ1) is 0. The summed E-state index contributed by atoms with van der Waals surface area (Å²) < 4.78 is 0. The Bertz CT molecular complexity index is 7.61. The van der Waals surface area contributed by atoms with Gasteiger partial charge in [0.15, 0.2) is 0 Å². The predicted molar refractivity (Wildman–Crippen MR) is 27.5 cm³/mol. The normalized spacial score (nSPS) is 0. The van der Waals surface area contributed by atoms with Crippen molar-refractivity contribution in [2.75, 3.05) is 0 Å². The molecule has 0 amide bonds. The number of hydrogen-bond donors (Lipinski definition) is 0. The fourth-order valence-corrected chi connectivity index (χ4v) is 0. The van der Waals surface area contributed by atoms with Crippen LogP contribution in [0.25, 0.3) is 0 Å². The van der Waals surface area contributed by atoms with Gasteiger partial charge in [-0.3, -0.25) is 0 Å². The van der Waals surface area contributed by atoms with E-state index in [0.29, 0.717) is 0 Å². The molecule has 0 saturated heterocycles. The minimum Gasteiger partial charge on any atom is -0.412 e. The number of hydrogen-bond acceptors (Lipinski definition) is 0. The molecule has 0 heterocycles. The van der Waals surface area contributed by atoms with Crippen LogP contribution in [0.3, 0.4) is 0 Å². The van der Waals surface area contributed by atoms with Crippen molar-refractivity contribution in [1.29, 1.82) is 0 Å². The smallest absolute Gasteiger partial charge is 0 e. The van der Waals surface area contributed by atoms with Gasteiger partial charge in [-0.2, -0.15) is 0 Å². The molecule has 0 unspecified atom stereocenters. The average Bonchev–Trinajstić information content (AvgIpc) is 0. The van der Waals surface area contributed by atoms with Gasteiger partial charge in [-0.25, -0.2) is 0 Å². The summed E-state index contributed by atoms with van der Waals surface area (Å²) in [6, 6.07) is 0. The van der Waals surface area contributed by atoms with Crippen molar-refractivity contribution in [2.24, 2.45) is 0 Å². The Balaban J connectivity index is 0. The zero-order valence-electron chi connectivity index (χ0n) is 2.32. The molecular weight excluding hydrogens is 222 g/mol. The van der Waals surface area contributed by atoms with E-state index in [1.54, 1.807) is 0 Å². The Morgan fingerprint density at radius 3 is 0.600 bits per heavy atom. The summed E-state index contributed by atoms with van der Waals surface area (Å²) in [6.45, 7) is 0. The first-order valence-corrected chi connectivity index (χ1v) is 0. The number of rotatable bonds is 0. The molecule has 0 aromatic carbocycles. The summed E-state index contributed by atoms with van der Waals surface area (Å²) in [6.07, 6.45) is 0. The fourth-order valence-electron chi connectivity index (χ4n) is 0. The topological polar surface area (TPSA) is 63.0 Å². The maximum Gasteiger partial charge on any atom is 0 e. The summed E-state index contributed by atoms with van der Waals surface area (Å²) in [5, 5.41) is 0. The molecule has 2 nitrogen and oxygen atoms in total. The molecule has 0 rings (SSSR count). The van der Waals surface area contributed by atoms with E-state index in [1.807, 2.05) is 0 Å². The predicted octanol–water partition coefficient (Wildman–Crippen LogP) is -1.19. The minimum absolute atomic E-state index is 0.